The van der Waals surface area contributed by atoms with Crippen LogP contribution < -0.4 is 5.43 Å². The van der Waals surface area contributed by atoms with E-state index >= 15 is 0 Å². The second kappa shape index (κ2) is 6.25. The monoisotopic (exact) mass is 337 g/mol. The number of aromatic nitrogens is 3. The maximum atomic E-state index is 13.3. The fourth-order valence-corrected chi connectivity index (χ4v) is 1.89. The van der Waals surface area contributed by atoms with Crippen molar-refractivity contribution in [3.8, 4) is 0 Å². The number of hydrogen-bond donors (Lipinski definition) is 1. The molecule has 0 aromatic carbocycles. The standard InChI is InChI=1S/C10H4Cl3F2N5/c11-7-5(8(12)19-10(13)18-7)3-17-20-9-6(15)1-4(14)2-16-9/h1-3H,(H,16,20)/b17-3-. The van der Waals surface area contributed by atoms with Crippen LogP contribution in [0.15, 0.2) is 17.4 Å². The maximum absolute atomic E-state index is 13.3. The Morgan fingerprint density at radius 3 is 2.40 bits per heavy atom. The van der Waals surface area contributed by atoms with E-state index in [1.807, 2.05) is 0 Å². The van der Waals surface area contributed by atoms with Gasteiger partial charge in [-0.15, -0.1) is 0 Å². The first kappa shape index (κ1) is 14.8. The molecule has 0 saturated carbocycles. The van der Waals surface area contributed by atoms with Crippen molar-refractivity contribution < 1.29 is 8.78 Å². The Balaban J connectivity index is 2.18. The van der Waals surface area contributed by atoms with E-state index in [-0.39, 0.29) is 27.0 Å². The highest BCUT2D eigenvalue weighted by Crippen LogP contribution is 2.21. The lowest BCUT2D eigenvalue weighted by Gasteiger charge is -2.02. The van der Waals surface area contributed by atoms with Crippen molar-refractivity contribution >= 4 is 46.8 Å². The molecule has 0 saturated heterocycles. The zero-order valence-corrected chi connectivity index (χ0v) is 11.7. The van der Waals surface area contributed by atoms with Crippen molar-refractivity contribution in [2.45, 2.75) is 0 Å². The predicted molar refractivity (Wildman–Crippen MR) is 72.4 cm³/mol. The van der Waals surface area contributed by atoms with E-state index < -0.39 is 11.6 Å². The average molecular weight is 339 g/mol. The highest BCUT2D eigenvalue weighted by molar-refractivity contribution is 6.38. The second-order valence-corrected chi connectivity index (χ2v) is 4.40. The van der Waals surface area contributed by atoms with E-state index in [9.17, 15) is 8.78 Å². The van der Waals surface area contributed by atoms with Crippen LogP contribution >= 0.6 is 34.8 Å². The van der Waals surface area contributed by atoms with E-state index in [1.165, 1.54) is 0 Å². The molecule has 20 heavy (non-hydrogen) atoms. The minimum Gasteiger partial charge on any atom is -0.259 e. The SMILES string of the molecule is Fc1cnc(N/N=C\c2c(Cl)nc(Cl)nc2Cl)c(F)c1. The van der Waals surface area contributed by atoms with E-state index in [0.29, 0.717) is 6.07 Å². The Kier molecular flexibility index (Phi) is 4.64. The summed E-state index contributed by atoms with van der Waals surface area (Å²) >= 11 is 17.1. The van der Waals surface area contributed by atoms with Crippen molar-refractivity contribution in [1.82, 2.24) is 15.0 Å². The number of halogens is 5. The number of hydrazone groups is 1. The lowest BCUT2D eigenvalue weighted by atomic mass is 10.4. The van der Waals surface area contributed by atoms with Gasteiger partial charge in [0.15, 0.2) is 11.6 Å². The first-order valence-corrected chi connectivity index (χ1v) is 6.09. The van der Waals surface area contributed by atoms with E-state index in [0.717, 1.165) is 12.4 Å². The zero-order valence-electron chi connectivity index (χ0n) is 9.41. The van der Waals surface area contributed by atoms with Gasteiger partial charge in [0.1, 0.15) is 16.1 Å². The molecule has 2 aromatic heterocycles. The average Bonchev–Trinajstić information content (AvgIpc) is 2.34. The number of nitrogens with zero attached hydrogens (tertiary/aromatic N) is 4. The smallest absolute Gasteiger partial charge is 0.225 e. The topological polar surface area (TPSA) is 63.1 Å². The molecule has 0 fully saturated rings. The third kappa shape index (κ3) is 3.50. The van der Waals surface area contributed by atoms with E-state index in [1.54, 1.807) is 0 Å². The molecule has 2 rings (SSSR count). The first-order valence-electron chi connectivity index (χ1n) is 4.96. The summed E-state index contributed by atoms with van der Waals surface area (Å²) in [6, 6.07) is 0.663. The molecule has 2 aromatic rings. The third-order valence-corrected chi connectivity index (χ3v) is 2.74. The normalized spacial score (nSPS) is 11.1. The van der Waals surface area contributed by atoms with Gasteiger partial charge in [-0.25, -0.2) is 23.7 Å². The van der Waals surface area contributed by atoms with Crippen molar-refractivity contribution in [2.24, 2.45) is 5.10 Å². The molecule has 0 aliphatic carbocycles. The Morgan fingerprint density at radius 1 is 1.15 bits per heavy atom. The zero-order chi connectivity index (χ0) is 14.7. The van der Waals surface area contributed by atoms with Crippen LogP contribution in [0.3, 0.4) is 0 Å². The van der Waals surface area contributed by atoms with Gasteiger partial charge in [-0.3, -0.25) is 5.43 Å². The van der Waals surface area contributed by atoms with Crippen LogP contribution in [0.2, 0.25) is 15.6 Å². The summed E-state index contributed by atoms with van der Waals surface area (Å²) in [6.07, 6.45) is 2.00. The van der Waals surface area contributed by atoms with Gasteiger partial charge >= 0.3 is 0 Å². The molecule has 10 heteroatoms. The van der Waals surface area contributed by atoms with Crippen LogP contribution in [0.25, 0.3) is 0 Å². The number of rotatable bonds is 3. The summed E-state index contributed by atoms with van der Waals surface area (Å²) in [5.41, 5.74) is 2.46. The van der Waals surface area contributed by atoms with E-state index in [2.05, 4.69) is 25.5 Å². The third-order valence-electron chi connectivity index (χ3n) is 2.00. The Morgan fingerprint density at radius 2 is 1.80 bits per heavy atom. The molecule has 0 radical (unpaired) electrons. The minimum absolute atomic E-state index is 0.0203. The van der Waals surface area contributed by atoms with Gasteiger partial charge in [0.2, 0.25) is 5.28 Å². The summed E-state index contributed by atoms with van der Waals surface area (Å²) in [6.45, 7) is 0. The van der Waals surface area contributed by atoms with Crippen LogP contribution in [0.4, 0.5) is 14.6 Å². The van der Waals surface area contributed by atoms with Crippen LogP contribution in [-0.4, -0.2) is 21.2 Å². The van der Waals surface area contributed by atoms with Crippen molar-refractivity contribution in [2.75, 3.05) is 5.43 Å². The number of anilines is 1. The van der Waals surface area contributed by atoms with Crippen molar-refractivity contribution in [3.63, 3.8) is 0 Å². The molecular weight excluding hydrogens is 335 g/mol. The van der Waals surface area contributed by atoms with E-state index in [4.69, 9.17) is 34.8 Å². The predicted octanol–water partition coefficient (Wildman–Crippen LogP) is 3.56. The summed E-state index contributed by atoms with van der Waals surface area (Å²) < 4.78 is 25.9. The second-order valence-electron chi connectivity index (χ2n) is 3.34. The van der Waals surface area contributed by atoms with Crippen LogP contribution in [0, 0.1) is 11.6 Å². The molecule has 0 atom stereocenters. The van der Waals surface area contributed by atoms with Crippen molar-refractivity contribution in [1.29, 1.82) is 0 Å². The molecule has 2 heterocycles. The molecule has 0 bridgehead atoms. The van der Waals surface area contributed by atoms with Gasteiger partial charge in [-0.2, -0.15) is 5.10 Å². The Labute approximate surface area is 126 Å². The van der Waals surface area contributed by atoms with Gasteiger partial charge < -0.3 is 0 Å². The van der Waals surface area contributed by atoms with Gasteiger partial charge in [0, 0.05) is 6.07 Å². The quantitative estimate of drug-likeness (QED) is 0.402. The summed E-state index contributed by atoms with van der Waals surface area (Å²) in [5, 5.41) is 3.51. The van der Waals surface area contributed by atoms with Gasteiger partial charge in [-0.05, 0) is 11.6 Å². The number of pyridine rings is 1. The molecule has 0 unspecified atom stereocenters. The van der Waals surface area contributed by atoms with Crippen LogP contribution in [0.5, 0.6) is 0 Å². The Bertz CT molecular complexity index is 657. The minimum atomic E-state index is -0.897. The van der Waals surface area contributed by atoms with Crippen LogP contribution in [0.1, 0.15) is 5.56 Å². The maximum Gasteiger partial charge on any atom is 0.225 e. The molecule has 1 N–H and O–H groups in total. The molecule has 0 amide bonds. The van der Waals surface area contributed by atoms with Gasteiger partial charge in [-0.1, -0.05) is 23.2 Å². The fraction of sp³-hybridized carbons (Fsp3) is 0. The number of hydrogen-bond acceptors (Lipinski definition) is 5. The molecular formula is C10H4Cl3F2N5. The molecule has 104 valence electrons. The van der Waals surface area contributed by atoms with Gasteiger partial charge in [0.25, 0.3) is 0 Å². The lowest BCUT2D eigenvalue weighted by molar-refractivity contribution is 0.576. The Hall–Kier alpha value is -1.57. The fourth-order valence-electron chi connectivity index (χ4n) is 1.15. The molecule has 0 spiro atoms. The molecule has 5 nitrogen and oxygen atoms in total. The lowest BCUT2D eigenvalue weighted by Crippen LogP contribution is -1.99. The highest BCUT2D eigenvalue weighted by atomic mass is 35.5. The highest BCUT2D eigenvalue weighted by Gasteiger charge is 2.09. The molecule has 0 aliphatic heterocycles. The first-order chi connectivity index (χ1) is 9.47. The van der Waals surface area contributed by atoms with Crippen molar-refractivity contribution in [3.05, 3.63) is 45.1 Å². The largest absolute Gasteiger partial charge is 0.259 e. The summed E-state index contributed by atoms with van der Waals surface area (Å²) in [5.74, 6) is -1.95. The number of nitrogens with one attached hydrogen (secondary N) is 1. The summed E-state index contributed by atoms with van der Waals surface area (Å²) in [4.78, 5) is 10.8. The molecule has 0 aliphatic rings. The summed E-state index contributed by atoms with van der Waals surface area (Å²) in [7, 11) is 0. The van der Waals surface area contributed by atoms with Crippen LogP contribution in [-0.2, 0) is 0 Å². The van der Waals surface area contributed by atoms with Gasteiger partial charge in [0.05, 0.1) is 18.0 Å².